The van der Waals surface area contributed by atoms with E-state index in [2.05, 4.69) is 6.92 Å². The minimum Gasteiger partial charge on any atom is -0.379 e. The third-order valence-corrected chi connectivity index (χ3v) is 3.09. The number of hydrogen-bond acceptors (Lipinski definition) is 1. The van der Waals surface area contributed by atoms with Crippen LogP contribution in [0, 0.1) is 5.41 Å². The standard InChI is InChI=1S/C9H18Cl2O/c1-8(2)12-5-4-9(3,6-10)7-11/h8H,4-7H2,1-3H3. The molecule has 74 valence electrons. The van der Waals surface area contributed by atoms with Gasteiger partial charge in [-0.2, -0.15) is 0 Å². The lowest BCUT2D eigenvalue weighted by Gasteiger charge is -2.24. The van der Waals surface area contributed by atoms with Crippen molar-refractivity contribution in [2.24, 2.45) is 5.41 Å². The summed E-state index contributed by atoms with van der Waals surface area (Å²) in [6.45, 7) is 6.88. The van der Waals surface area contributed by atoms with Crippen LogP contribution in [0.25, 0.3) is 0 Å². The van der Waals surface area contributed by atoms with Crippen molar-refractivity contribution in [3.05, 3.63) is 0 Å². The predicted molar refractivity (Wildman–Crippen MR) is 55.3 cm³/mol. The highest BCUT2D eigenvalue weighted by Crippen LogP contribution is 2.24. The summed E-state index contributed by atoms with van der Waals surface area (Å²) in [5.41, 5.74) is 0.0258. The van der Waals surface area contributed by atoms with Crippen LogP contribution >= 0.6 is 23.2 Å². The highest BCUT2D eigenvalue weighted by Gasteiger charge is 2.21. The van der Waals surface area contributed by atoms with Gasteiger partial charge in [-0.1, -0.05) is 6.92 Å². The third kappa shape index (κ3) is 5.23. The Kier molecular flexibility index (Phi) is 6.34. The molecule has 0 aliphatic carbocycles. The number of ether oxygens (including phenoxy) is 1. The molecule has 0 N–H and O–H groups in total. The quantitative estimate of drug-likeness (QED) is 0.615. The lowest BCUT2D eigenvalue weighted by Crippen LogP contribution is -2.23. The largest absolute Gasteiger partial charge is 0.379 e. The van der Waals surface area contributed by atoms with Crippen LogP contribution in [0.2, 0.25) is 0 Å². The first-order valence-electron chi connectivity index (χ1n) is 4.27. The van der Waals surface area contributed by atoms with Gasteiger partial charge < -0.3 is 4.74 Å². The first kappa shape index (κ1) is 12.5. The first-order chi connectivity index (χ1) is 5.54. The normalized spacial score (nSPS) is 12.5. The van der Waals surface area contributed by atoms with Crippen molar-refractivity contribution in [3.63, 3.8) is 0 Å². The fourth-order valence-electron chi connectivity index (χ4n) is 0.710. The molecule has 0 aromatic rings. The molecular weight excluding hydrogens is 195 g/mol. The van der Waals surface area contributed by atoms with Gasteiger partial charge in [0.2, 0.25) is 0 Å². The molecule has 0 spiro atoms. The maximum Gasteiger partial charge on any atom is 0.0518 e. The van der Waals surface area contributed by atoms with Crippen LogP contribution < -0.4 is 0 Å². The van der Waals surface area contributed by atoms with E-state index in [9.17, 15) is 0 Å². The van der Waals surface area contributed by atoms with Gasteiger partial charge in [0.25, 0.3) is 0 Å². The predicted octanol–water partition coefficient (Wildman–Crippen LogP) is 3.29. The molecule has 0 radical (unpaired) electrons. The van der Waals surface area contributed by atoms with E-state index in [4.69, 9.17) is 27.9 Å². The molecule has 0 saturated heterocycles. The molecule has 0 amide bonds. The first-order valence-corrected chi connectivity index (χ1v) is 5.34. The van der Waals surface area contributed by atoms with Gasteiger partial charge in [0.1, 0.15) is 0 Å². The van der Waals surface area contributed by atoms with Gasteiger partial charge in [0.05, 0.1) is 6.10 Å². The average Bonchev–Trinajstić information content (AvgIpc) is 2.03. The van der Waals surface area contributed by atoms with Crippen LogP contribution in [0.1, 0.15) is 27.2 Å². The second-order valence-electron chi connectivity index (χ2n) is 3.75. The van der Waals surface area contributed by atoms with Crippen molar-refractivity contribution in [3.8, 4) is 0 Å². The molecule has 0 heterocycles. The maximum absolute atomic E-state index is 5.78. The molecule has 0 aliphatic heterocycles. The molecule has 0 unspecified atom stereocenters. The minimum atomic E-state index is 0.0258. The molecule has 1 nitrogen and oxygen atoms in total. The second kappa shape index (κ2) is 6.06. The van der Waals surface area contributed by atoms with E-state index < -0.39 is 0 Å². The Morgan fingerprint density at radius 2 is 1.75 bits per heavy atom. The smallest absolute Gasteiger partial charge is 0.0518 e. The van der Waals surface area contributed by atoms with Crippen LogP contribution in [-0.2, 0) is 4.74 Å². The van der Waals surface area contributed by atoms with E-state index >= 15 is 0 Å². The van der Waals surface area contributed by atoms with Gasteiger partial charge >= 0.3 is 0 Å². The average molecular weight is 213 g/mol. The van der Waals surface area contributed by atoms with Crippen molar-refractivity contribution in [2.75, 3.05) is 18.4 Å². The summed E-state index contributed by atoms with van der Waals surface area (Å²) in [4.78, 5) is 0. The Morgan fingerprint density at radius 1 is 1.25 bits per heavy atom. The van der Waals surface area contributed by atoms with Crippen LogP contribution in [-0.4, -0.2) is 24.5 Å². The molecule has 0 rings (SSSR count). The summed E-state index contributed by atoms with van der Waals surface area (Å²) < 4.78 is 5.42. The maximum atomic E-state index is 5.78. The monoisotopic (exact) mass is 212 g/mol. The van der Waals surface area contributed by atoms with E-state index in [1.807, 2.05) is 13.8 Å². The lowest BCUT2D eigenvalue weighted by molar-refractivity contribution is 0.0613. The molecule has 12 heavy (non-hydrogen) atoms. The Bertz CT molecular complexity index is 111. The molecule has 0 aromatic carbocycles. The highest BCUT2D eigenvalue weighted by molar-refractivity contribution is 6.21. The third-order valence-electron chi connectivity index (χ3n) is 1.80. The van der Waals surface area contributed by atoms with E-state index in [1.54, 1.807) is 0 Å². The number of alkyl halides is 2. The Labute approximate surface area is 85.4 Å². The van der Waals surface area contributed by atoms with Crippen molar-refractivity contribution in [1.82, 2.24) is 0 Å². The number of rotatable bonds is 6. The van der Waals surface area contributed by atoms with Gasteiger partial charge in [-0.3, -0.25) is 0 Å². The van der Waals surface area contributed by atoms with Crippen LogP contribution in [0.15, 0.2) is 0 Å². The molecule has 0 saturated carbocycles. The van der Waals surface area contributed by atoms with Crippen molar-refractivity contribution in [2.45, 2.75) is 33.3 Å². The van der Waals surface area contributed by atoms with Crippen molar-refractivity contribution >= 4 is 23.2 Å². The van der Waals surface area contributed by atoms with E-state index in [-0.39, 0.29) is 5.41 Å². The fraction of sp³-hybridized carbons (Fsp3) is 1.00. The number of hydrogen-bond donors (Lipinski definition) is 0. The van der Waals surface area contributed by atoms with Gasteiger partial charge in [-0.05, 0) is 25.7 Å². The van der Waals surface area contributed by atoms with Gasteiger partial charge in [-0.25, -0.2) is 0 Å². The van der Waals surface area contributed by atoms with E-state index in [1.165, 1.54) is 0 Å². The zero-order valence-electron chi connectivity index (χ0n) is 8.07. The summed E-state index contributed by atoms with van der Waals surface area (Å²) >= 11 is 11.6. The van der Waals surface area contributed by atoms with Crippen LogP contribution in [0.3, 0.4) is 0 Å². The summed E-state index contributed by atoms with van der Waals surface area (Å²) in [5, 5.41) is 0. The zero-order chi connectivity index (χ0) is 9.61. The molecule has 0 fully saturated rings. The van der Waals surface area contributed by atoms with Crippen molar-refractivity contribution in [1.29, 1.82) is 0 Å². The Morgan fingerprint density at radius 3 is 2.08 bits per heavy atom. The van der Waals surface area contributed by atoms with E-state index in [0.29, 0.717) is 17.9 Å². The highest BCUT2D eigenvalue weighted by atomic mass is 35.5. The zero-order valence-corrected chi connectivity index (χ0v) is 9.58. The topological polar surface area (TPSA) is 9.23 Å². The molecule has 0 aliphatic rings. The molecule has 0 aromatic heterocycles. The van der Waals surface area contributed by atoms with Crippen molar-refractivity contribution < 1.29 is 4.74 Å². The SMILES string of the molecule is CC(C)OCCC(C)(CCl)CCl. The van der Waals surface area contributed by atoms with Gasteiger partial charge in [0, 0.05) is 18.4 Å². The molecule has 3 heteroatoms. The van der Waals surface area contributed by atoms with E-state index in [0.717, 1.165) is 13.0 Å². The summed E-state index contributed by atoms with van der Waals surface area (Å²) in [7, 11) is 0. The van der Waals surface area contributed by atoms with Crippen LogP contribution in [0.5, 0.6) is 0 Å². The Hall–Kier alpha value is 0.540. The summed E-state index contributed by atoms with van der Waals surface area (Å²) in [6, 6.07) is 0. The second-order valence-corrected chi connectivity index (χ2v) is 4.28. The van der Waals surface area contributed by atoms with Gasteiger partial charge in [0.15, 0.2) is 0 Å². The van der Waals surface area contributed by atoms with Crippen LogP contribution in [0.4, 0.5) is 0 Å². The lowest BCUT2D eigenvalue weighted by atomic mass is 9.92. The summed E-state index contributed by atoms with van der Waals surface area (Å²) in [6.07, 6.45) is 1.22. The fourth-order valence-corrected chi connectivity index (χ4v) is 1.26. The molecular formula is C9H18Cl2O. The molecule has 0 bridgehead atoms. The number of halogens is 2. The van der Waals surface area contributed by atoms with Gasteiger partial charge in [-0.15, -0.1) is 23.2 Å². The minimum absolute atomic E-state index is 0.0258. The summed E-state index contributed by atoms with van der Waals surface area (Å²) in [5.74, 6) is 1.19. The Balaban J connectivity index is 3.58. The molecule has 0 atom stereocenters.